The van der Waals surface area contributed by atoms with Gasteiger partial charge in [0.15, 0.2) is 11.6 Å². The van der Waals surface area contributed by atoms with Crippen molar-refractivity contribution < 1.29 is 23.5 Å². The molecule has 0 unspecified atom stereocenters. The molecular formula is C21H20F2N4O3. The summed E-state index contributed by atoms with van der Waals surface area (Å²) in [5.41, 5.74) is 3.16. The molecule has 0 atom stereocenters. The number of halogens is 2. The van der Waals surface area contributed by atoms with Gasteiger partial charge in [0.2, 0.25) is 0 Å². The highest BCUT2D eigenvalue weighted by Gasteiger charge is 2.16. The van der Waals surface area contributed by atoms with Gasteiger partial charge in [0.05, 0.1) is 11.4 Å². The van der Waals surface area contributed by atoms with Crippen LogP contribution in [0.2, 0.25) is 0 Å². The predicted molar refractivity (Wildman–Crippen MR) is 108 cm³/mol. The van der Waals surface area contributed by atoms with E-state index >= 15 is 0 Å². The minimum absolute atomic E-state index is 0.142. The van der Waals surface area contributed by atoms with E-state index in [1.807, 2.05) is 19.1 Å². The number of amides is 1. The van der Waals surface area contributed by atoms with Gasteiger partial charge < -0.3 is 15.3 Å². The third-order valence-corrected chi connectivity index (χ3v) is 4.56. The fourth-order valence-electron chi connectivity index (χ4n) is 2.98. The van der Waals surface area contributed by atoms with E-state index < -0.39 is 17.7 Å². The lowest BCUT2D eigenvalue weighted by Gasteiger charge is -2.09. The van der Waals surface area contributed by atoms with Crippen LogP contribution in [0.15, 0.2) is 47.8 Å². The second-order valence-corrected chi connectivity index (χ2v) is 6.59. The fraction of sp³-hybridized carbons (Fsp3) is 0.190. The molecule has 2 aromatic carbocycles. The number of hydrogen-bond donors (Lipinski definition) is 2. The number of aryl methyl sites for hydroxylation is 1. The Hall–Kier alpha value is -3.75. The van der Waals surface area contributed by atoms with Gasteiger partial charge in [-0.1, -0.05) is 17.3 Å². The van der Waals surface area contributed by atoms with Crippen LogP contribution in [-0.2, 0) is 11.4 Å². The Morgan fingerprint density at radius 2 is 1.93 bits per heavy atom. The van der Waals surface area contributed by atoms with Crippen LogP contribution in [0.1, 0.15) is 23.6 Å². The van der Waals surface area contributed by atoms with Gasteiger partial charge >= 0.3 is 6.09 Å². The minimum atomic E-state index is -1.12. The quantitative estimate of drug-likeness (QED) is 0.466. The van der Waals surface area contributed by atoms with Gasteiger partial charge in [0.1, 0.15) is 12.8 Å². The molecular weight excluding hydrogens is 394 g/mol. The molecule has 0 aliphatic rings. The molecule has 0 spiro atoms. The van der Waals surface area contributed by atoms with Crippen LogP contribution in [-0.4, -0.2) is 33.8 Å². The Morgan fingerprint density at radius 1 is 1.23 bits per heavy atom. The lowest BCUT2D eigenvalue weighted by atomic mass is 10.0. The summed E-state index contributed by atoms with van der Waals surface area (Å²) in [6.07, 6.45) is 0.339. The van der Waals surface area contributed by atoms with E-state index in [4.69, 9.17) is 5.11 Å². The molecule has 1 aromatic heterocycles. The molecule has 3 rings (SSSR count). The summed E-state index contributed by atoms with van der Waals surface area (Å²) in [5, 5.41) is 19.1. The van der Waals surface area contributed by atoms with Crippen molar-refractivity contribution in [3.8, 4) is 16.9 Å². The van der Waals surface area contributed by atoms with Crippen LogP contribution in [0.25, 0.3) is 16.9 Å². The molecule has 0 fully saturated rings. The number of nitrogens with zero attached hydrogens (tertiary/aromatic N) is 3. The first kappa shape index (κ1) is 21.0. The zero-order valence-electron chi connectivity index (χ0n) is 16.6. The number of rotatable bonds is 6. The first-order valence-corrected chi connectivity index (χ1v) is 9.00. The molecule has 0 radical (unpaired) electrons. The number of oxime groups is 1. The molecule has 156 valence electrons. The van der Waals surface area contributed by atoms with Crippen molar-refractivity contribution in [2.45, 2.75) is 20.4 Å². The highest BCUT2D eigenvalue weighted by molar-refractivity contribution is 5.98. The number of carboxylic acid groups (broad SMARTS) is 1. The Labute approximate surface area is 171 Å². The second kappa shape index (κ2) is 8.73. The summed E-state index contributed by atoms with van der Waals surface area (Å²) in [4.78, 5) is 15.4. The first-order chi connectivity index (χ1) is 14.3. The molecule has 0 bridgehead atoms. The van der Waals surface area contributed by atoms with Gasteiger partial charge in [-0.15, -0.1) is 0 Å². The van der Waals surface area contributed by atoms with Crippen molar-refractivity contribution in [1.29, 1.82) is 0 Å². The SMILES string of the molecule is CO/N=C(/C)c1cc(F)c(-n2ccc(-c3ccc(C)c(CNC(=O)O)c3)n2)c(F)c1. The van der Waals surface area contributed by atoms with Crippen LogP contribution < -0.4 is 5.32 Å². The first-order valence-electron chi connectivity index (χ1n) is 9.00. The Bertz CT molecular complexity index is 1100. The predicted octanol–water partition coefficient (Wildman–Crippen LogP) is 4.26. The van der Waals surface area contributed by atoms with E-state index in [9.17, 15) is 13.6 Å². The van der Waals surface area contributed by atoms with E-state index in [2.05, 4.69) is 20.4 Å². The lowest BCUT2D eigenvalue weighted by molar-refractivity contribution is 0.194. The summed E-state index contributed by atoms with van der Waals surface area (Å²) in [5.74, 6) is -1.58. The van der Waals surface area contributed by atoms with Crippen LogP contribution in [0.5, 0.6) is 0 Å². The van der Waals surface area contributed by atoms with E-state index in [0.29, 0.717) is 17.0 Å². The minimum Gasteiger partial charge on any atom is -0.465 e. The zero-order valence-corrected chi connectivity index (χ0v) is 16.6. The smallest absolute Gasteiger partial charge is 0.404 e. The van der Waals surface area contributed by atoms with Gasteiger partial charge in [0.25, 0.3) is 0 Å². The van der Waals surface area contributed by atoms with Gasteiger partial charge in [-0.25, -0.2) is 18.3 Å². The molecule has 0 aliphatic carbocycles. The summed E-state index contributed by atoms with van der Waals surface area (Å²) in [6.45, 7) is 3.59. The fourth-order valence-corrected chi connectivity index (χ4v) is 2.98. The Balaban J connectivity index is 1.95. The molecule has 30 heavy (non-hydrogen) atoms. The summed E-state index contributed by atoms with van der Waals surface area (Å²) in [7, 11) is 1.35. The second-order valence-electron chi connectivity index (χ2n) is 6.59. The molecule has 3 aromatic rings. The summed E-state index contributed by atoms with van der Waals surface area (Å²) < 4.78 is 30.4. The average molecular weight is 414 g/mol. The average Bonchev–Trinajstić information content (AvgIpc) is 3.16. The van der Waals surface area contributed by atoms with Crippen LogP contribution in [0.4, 0.5) is 13.6 Å². The van der Waals surface area contributed by atoms with Crippen molar-refractivity contribution in [2.24, 2.45) is 5.16 Å². The largest absolute Gasteiger partial charge is 0.465 e. The maximum atomic E-state index is 14.6. The lowest BCUT2D eigenvalue weighted by Crippen LogP contribution is -2.20. The highest BCUT2D eigenvalue weighted by atomic mass is 19.1. The number of nitrogens with one attached hydrogen (secondary N) is 1. The maximum absolute atomic E-state index is 14.6. The van der Waals surface area contributed by atoms with Gasteiger partial charge in [0, 0.05) is 23.9 Å². The van der Waals surface area contributed by atoms with Crippen molar-refractivity contribution in [3.63, 3.8) is 0 Å². The monoisotopic (exact) mass is 414 g/mol. The topological polar surface area (TPSA) is 88.7 Å². The van der Waals surface area contributed by atoms with E-state index in [-0.39, 0.29) is 17.8 Å². The molecule has 1 amide bonds. The third-order valence-electron chi connectivity index (χ3n) is 4.56. The van der Waals surface area contributed by atoms with E-state index in [1.165, 1.54) is 25.4 Å². The third kappa shape index (κ3) is 4.45. The van der Waals surface area contributed by atoms with Gasteiger partial charge in [-0.05, 0) is 49.2 Å². The number of carbonyl (C=O) groups is 1. The zero-order chi connectivity index (χ0) is 21.8. The summed E-state index contributed by atoms with van der Waals surface area (Å²) >= 11 is 0. The Kier molecular flexibility index (Phi) is 6.10. The molecule has 7 nitrogen and oxygen atoms in total. The van der Waals surface area contributed by atoms with Crippen molar-refractivity contribution in [1.82, 2.24) is 15.1 Å². The van der Waals surface area contributed by atoms with Crippen molar-refractivity contribution >= 4 is 11.8 Å². The molecule has 0 saturated carbocycles. The maximum Gasteiger partial charge on any atom is 0.404 e. The Morgan fingerprint density at radius 3 is 2.57 bits per heavy atom. The van der Waals surface area contributed by atoms with Crippen LogP contribution in [0, 0.1) is 18.6 Å². The standard InChI is InChI=1S/C21H20F2N4O3/c1-12-4-5-14(8-16(12)11-24-21(28)29)19-6-7-27(25-19)20-17(22)9-15(10-18(20)23)13(2)26-30-3/h4-10,24H,11H2,1-3H3,(H,28,29)/b26-13-. The molecule has 9 heteroatoms. The van der Waals surface area contributed by atoms with E-state index in [1.54, 1.807) is 19.1 Å². The highest BCUT2D eigenvalue weighted by Crippen LogP contribution is 2.25. The van der Waals surface area contributed by atoms with Crippen LogP contribution in [0.3, 0.4) is 0 Å². The molecule has 2 N–H and O–H groups in total. The summed E-state index contributed by atoms with van der Waals surface area (Å²) in [6, 6.07) is 9.40. The van der Waals surface area contributed by atoms with Crippen molar-refractivity contribution in [2.75, 3.05) is 7.11 Å². The molecule has 0 saturated heterocycles. The number of hydrogen-bond acceptors (Lipinski definition) is 4. The van der Waals surface area contributed by atoms with Crippen LogP contribution >= 0.6 is 0 Å². The van der Waals surface area contributed by atoms with E-state index in [0.717, 1.165) is 15.8 Å². The van der Waals surface area contributed by atoms with Gasteiger partial charge in [-0.3, -0.25) is 0 Å². The van der Waals surface area contributed by atoms with Crippen molar-refractivity contribution in [3.05, 3.63) is 70.9 Å². The van der Waals surface area contributed by atoms with Gasteiger partial charge in [-0.2, -0.15) is 5.10 Å². The number of benzene rings is 2. The molecule has 0 aliphatic heterocycles. The molecule has 1 heterocycles. The normalized spacial score (nSPS) is 11.4. The number of aromatic nitrogens is 2.